The molecule has 1 rings (SSSR count). The normalized spacial score (nSPS) is 31.5. The third-order valence-corrected chi connectivity index (χ3v) is 3.11. The smallest absolute Gasteiger partial charge is 0.0519 e. The Morgan fingerprint density at radius 1 is 1.58 bits per heavy atom. The SMILES string of the molecule is CC(CN)C1CCOCC1(C)C. The minimum absolute atomic E-state index is 0.317. The molecule has 0 bridgehead atoms. The van der Waals surface area contributed by atoms with Gasteiger partial charge in [0.2, 0.25) is 0 Å². The highest BCUT2D eigenvalue weighted by Crippen LogP contribution is 2.38. The molecule has 2 atom stereocenters. The van der Waals surface area contributed by atoms with E-state index in [9.17, 15) is 0 Å². The van der Waals surface area contributed by atoms with Crippen molar-refractivity contribution in [3.8, 4) is 0 Å². The van der Waals surface area contributed by atoms with Crippen molar-refractivity contribution >= 4 is 0 Å². The highest BCUT2D eigenvalue weighted by Gasteiger charge is 2.35. The van der Waals surface area contributed by atoms with Crippen LogP contribution in [-0.4, -0.2) is 19.8 Å². The van der Waals surface area contributed by atoms with Crippen LogP contribution in [0.25, 0.3) is 0 Å². The molecule has 1 heterocycles. The first-order valence-electron chi connectivity index (χ1n) is 4.86. The Morgan fingerprint density at radius 2 is 2.25 bits per heavy atom. The standard InChI is InChI=1S/C10H21NO/c1-8(6-11)9-4-5-12-7-10(9,2)3/h8-9H,4-7,11H2,1-3H3. The Bertz CT molecular complexity index is 145. The largest absolute Gasteiger partial charge is 0.381 e. The van der Waals surface area contributed by atoms with Crippen molar-refractivity contribution in [1.82, 2.24) is 0 Å². The molecule has 1 aliphatic rings. The van der Waals surface area contributed by atoms with Crippen molar-refractivity contribution in [2.45, 2.75) is 27.2 Å². The van der Waals surface area contributed by atoms with E-state index in [4.69, 9.17) is 10.5 Å². The minimum Gasteiger partial charge on any atom is -0.381 e. The van der Waals surface area contributed by atoms with Gasteiger partial charge in [0.25, 0.3) is 0 Å². The van der Waals surface area contributed by atoms with E-state index in [-0.39, 0.29) is 0 Å². The zero-order chi connectivity index (χ0) is 9.19. The Balaban J connectivity index is 2.59. The van der Waals surface area contributed by atoms with Crippen LogP contribution in [0.1, 0.15) is 27.2 Å². The first-order valence-corrected chi connectivity index (χ1v) is 4.86. The predicted octanol–water partition coefficient (Wildman–Crippen LogP) is 1.64. The van der Waals surface area contributed by atoms with E-state index in [0.717, 1.165) is 25.7 Å². The molecule has 0 aromatic heterocycles. The van der Waals surface area contributed by atoms with Gasteiger partial charge in [0.05, 0.1) is 6.61 Å². The maximum absolute atomic E-state index is 5.68. The molecule has 72 valence electrons. The van der Waals surface area contributed by atoms with Crippen LogP contribution in [0, 0.1) is 17.3 Å². The van der Waals surface area contributed by atoms with Crippen molar-refractivity contribution in [3.63, 3.8) is 0 Å². The van der Waals surface area contributed by atoms with E-state index >= 15 is 0 Å². The summed E-state index contributed by atoms with van der Waals surface area (Å²) in [5.74, 6) is 1.36. The summed E-state index contributed by atoms with van der Waals surface area (Å²) in [7, 11) is 0. The van der Waals surface area contributed by atoms with E-state index in [1.54, 1.807) is 0 Å². The highest BCUT2D eigenvalue weighted by atomic mass is 16.5. The summed E-state index contributed by atoms with van der Waals surface area (Å²) < 4.78 is 5.47. The average Bonchev–Trinajstić information content (AvgIpc) is 2.02. The van der Waals surface area contributed by atoms with Crippen LogP contribution in [0.5, 0.6) is 0 Å². The molecule has 2 heteroatoms. The predicted molar refractivity (Wildman–Crippen MR) is 50.9 cm³/mol. The van der Waals surface area contributed by atoms with Gasteiger partial charge in [0.15, 0.2) is 0 Å². The summed E-state index contributed by atoms with van der Waals surface area (Å²) >= 11 is 0. The Morgan fingerprint density at radius 3 is 2.75 bits per heavy atom. The fraction of sp³-hybridized carbons (Fsp3) is 1.00. The van der Waals surface area contributed by atoms with Crippen LogP contribution in [0.15, 0.2) is 0 Å². The van der Waals surface area contributed by atoms with Gasteiger partial charge in [0.1, 0.15) is 0 Å². The molecule has 2 N–H and O–H groups in total. The summed E-state index contributed by atoms with van der Waals surface area (Å²) in [4.78, 5) is 0. The Kier molecular flexibility index (Phi) is 3.13. The fourth-order valence-electron chi connectivity index (χ4n) is 2.26. The summed E-state index contributed by atoms with van der Waals surface area (Å²) in [5, 5.41) is 0. The van der Waals surface area contributed by atoms with E-state index in [1.807, 2.05) is 0 Å². The van der Waals surface area contributed by atoms with E-state index < -0.39 is 0 Å². The molecule has 0 radical (unpaired) electrons. The second kappa shape index (κ2) is 3.75. The summed E-state index contributed by atoms with van der Waals surface area (Å²) in [6.45, 7) is 9.41. The Hall–Kier alpha value is -0.0800. The third-order valence-electron chi connectivity index (χ3n) is 3.11. The molecule has 0 aliphatic carbocycles. The molecule has 2 nitrogen and oxygen atoms in total. The monoisotopic (exact) mass is 171 g/mol. The molecule has 1 saturated heterocycles. The maximum Gasteiger partial charge on any atom is 0.0519 e. The van der Waals surface area contributed by atoms with E-state index in [0.29, 0.717) is 11.3 Å². The zero-order valence-corrected chi connectivity index (χ0v) is 8.47. The van der Waals surface area contributed by atoms with Crippen molar-refractivity contribution in [2.24, 2.45) is 23.0 Å². The van der Waals surface area contributed by atoms with Crippen LogP contribution < -0.4 is 5.73 Å². The van der Waals surface area contributed by atoms with Gasteiger partial charge in [-0.2, -0.15) is 0 Å². The average molecular weight is 171 g/mol. The number of ether oxygens (including phenoxy) is 1. The highest BCUT2D eigenvalue weighted by molar-refractivity contribution is 4.84. The van der Waals surface area contributed by atoms with Gasteiger partial charge in [-0.15, -0.1) is 0 Å². The number of hydrogen-bond donors (Lipinski definition) is 1. The van der Waals surface area contributed by atoms with Crippen molar-refractivity contribution in [1.29, 1.82) is 0 Å². The molecule has 0 saturated carbocycles. The first kappa shape index (κ1) is 10.0. The van der Waals surface area contributed by atoms with Gasteiger partial charge in [-0.1, -0.05) is 20.8 Å². The number of nitrogens with two attached hydrogens (primary N) is 1. The minimum atomic E-state index is 0.317. The van der Waals surface area contributed by atoms with E-state index in [2.05, 4.69) is 20.8 Å². The van der Waals surface area contributed by atoms with Crippen molar-refractivity contribution < 1.29 is 4.74 Å². The summed E-state index contributed by atoms with van der Waals surface area (Å²) in [6.07, 6.45) is 1.17. The lowest BCUT2D eigenvalue weighted by Crippen LogP contribution is -2.40. The fourth-order valence-corrected chi connectivity index (χ4v) is 2.26. The lowest BCUT2D eigenvalue weighted by molar-refractivity contribution is -0.0486. The van der Waals surface area contributed by atoms with Crippen LogP contribution in [0.4, 0.5) is 0 Å². The molecule has 12 heavy (non-hydrogen) atoms. The maximum atomic E-state index is 5.68. The lowest BCUT2D eigenvalue weighted by atomic mass is 9.70. The quantitative estimate of drug-likeness (QED) is 0.685. The molecule has 0 spiro atoms. The molecule has 2 unspecified atom stereocenters. The molecule has 0 aromatic rings. The molecular weight excluding hydrogens is 150 g/mol. The van der Waals surface area contributed by atoms with Gasteiger partial charge in [0, 0.05) is 6.61 Å². The van der Waals surface area contributed by atoms with Gasteiger partial charge in [-0.3, -0.25) is 0 Å². The molecule has 0 aromatic carbocycles. The number of hydrogen-bond acceptors (Lipinski definition) is 2. The second-order valence-corrected chi connectivity index (χ2v) is 4.65. The molecule has 1 aliphatic heterocycles. The second-order valence-electron chi connectivity index (χ2n) is 4.65. The third kappa shape index (κ3) is 1.99. The van der Waals surface area contributed by atoms with Crippen LogP contribution in [0.3, 0.4) is 0 Å². The molecule has 1 fully saturated rings. The van der Waals surface area contributed by atoms with Gasteiger partial charge in [-0.05, 0) is 30.2 Å². The van der Waals surface area contributed by atoms with Gasteiger partial charge in [-0.25, -0.2) is 0 Å². The van der Waals surface area contributed by atoms with E-state index in [1.165, 1.54) is 6.42 Å². The summed E-state index contributed by atoms with van der Waals surface area (Å²) in [6, 6.07) is 0. The Labute approximate surface area is 75.5 Å². The topological polar surface area (TPSA) is 35.2 Å². The molecule has 0 amide bonds. The van der Waals surface area contributed by atoms with Crippen molar-refractivity contribution in [3.05, 3.63) is 0 Å². The van der Waals surface area contributed by atoms with Gasteiger partial charge >= 0.3 is 0 Å². The molecular formula is C10H21NO. The zero-order valence-electron chi connectivity index (χ0n) is 8.47. The number of rotatable bonds is 2. The van der Waals surface area contributed by atoms with Gasteiger partial charge < -0.3 is 10.5 Å². The summed E-state index contributed by atoms with van der Waals surface area (Å²) in [5.41, 5.74) is 6.00. The van der Waals surface area contributed by atoms with Crippen LogP contribution in [0.2, 0.25) is 0 Å². The lowest BCUT2D eigenvalue weighted by Gasteiger charge is -2.41. The van der Waals surface area contributed by atoms with Crippen molar-refractivity contribution in [2.75, 3.05) is 19.8 Å². The van der Waals surface area contributed by atoms with Crippen LogP contribution in [-0.2, 0) is 4.74 Å². The first-order chi connectivity index (χ1) is 5.58. The van der Waals surface area contributed by atoms with Crippen LogP contribution >= 0.6 is 0 Å².